The average molecular weight is 180 g/mol. The van der Waals surface area contributed by atoms with E-state index in [9.17, 15) is 9.70 Å². The van der Waals surface area contributed by atoms with Gasteiger partial charge in [0.15, 0.2) is 0 Å². The molecule has 0 saturated heterocycles. The summed E-state index contributed by atoms with van der Waals surface area (Å²) in [6, 6.07) is 6.21. The van der Waals surface area contributed by atoms with E-state index in [0.29, 0.717) is 6.54 Å². The number of nitroso groups, excluding NO2 is 1. The van der Waals surface area contributed by atoms with E-state index in [1.165, 1.54) is 12.1 Å². The Morgan fingerprint density at radius 3 is 2.46 bits per heavy atom. The third kappa shape index (κ3) is 2.55. The number of hydrogen-bond donors (Lipinski definition) is 2. The Labute approximate surface area is 74.3 Å². The molecule has 0 aromatic heterocycles. The van der Waals surface area contributed by atoms with Gasteiger partial charge in [-0.2, -0.15) is 0 Å². The van der Waals surface area contributed by atoms with Gasteiger partial charge in [0.2, 0.25) is 0 Å². The maximum atomic E-state index is 10.4. The molecule has 0 amide bonds. The minimum absolute atomic E-state index is 0.225. The molecule has 0 unspecified atom stereocenters. The molecule has 0 aliphatic rings. The molecule has 13 heavy (non-hydrogen) atoms. The zero-order chi connectivity index (χ0) is 9.68. The van der Waals surface area contributed by atoms with Gasteiger partial charge >= 0.3 is 5.97 Å². The fraction of sp³-hybridized carbons (Fsp3) is 0.125. The first-order chi connectivity index (χ1) is 6.24. The summed E-state index contributed by atoms with van der Waals surface area (Å²) in [7, 11) is 0. The molecule has 0 bridgehead atoms. The van der Waals surface area contributed by atoms with Crippen LogP contribution >= 0.6 is 0 Å². The minimum Gasteiger partial charge on any atom is -0.478 e. The summed E-state index contributed by atoms with van der Waals surface area (Å²) in [6.45, 7) is 0.309. The van der Waals surface area contributed by atoms with Gasteiger partial charge in [-0.1, -0.05) is 12.1 Å². The lowest BCUT2D eigenvalue weighted by Crippen LogP contribution is -2.04. The van der Waals surface area contributed by atoms with Crippen LogP contribution in [-0.2, 0) is 6.54 Å². The molecule has 68 valence electrons. The van der Waals surface area contributed by atoms with Gasteiger partial charge in [0.1, 0.15) is 0 Å². The zero-order valence-electron chi connectivity index (χ0n) is 6.73. The Bertz CT molecular complexity index is 308. The lowest BCUT2D eigenvalue weighted by Gasteiger charge is -1.98. The number of hydrogen-bond acceptors (Lipinski definition) is 3. The molecule has 2 N–H and O–H groups in total. The Kier molecular flexibility index (Phi) is 2.97. The molecule has 0 spiro atoms. The molecule has 0 saturated carbocycles. The second-order valence-corrected chi connectivity index (χ2v) is 2.43. The van der Waals surface area contributed by atoms with Crippen LogP contribution in [0, 0.1) is 4.91 Å². The number of carboxylic acids is 1. The monoisotopic (exact) mass is 180 g/mol. The smallest absolute Gasteiger partial charge is 0.335 e. The van der Waals surface area contributed by atoms with Crippen molar-refractivity contribution >= 4 is 5.97 Å². The highest BCUT2D eigenvalue weighted by Gasteiger charge is 2.00. The van der Waals surface area contributed by atoms with Crippen molar-refractivity contribution < 1.29 is 9.90 Å². The van der Waals surface area contributed by atoms with Crippen molar-refractivity contribution in [3.63, 3.8) is 0 Å². The van der Waals surface area contributed by atoms with Gasteiger partial charge in [0.25, 0.3) is 0 Å². The summed E-state index contributed by atoms with van der Waals surface area (Å²) in [5.41, 5.74) is 3.27. The largest absolute Gasteiger partial charge is 0.478 e. The van der Waals surface area contributed by atoms with Crippen molar-refractivity contribution in [2.75, 3.05) is 0 Å². The molecule has 0 radical (unpaired) electrons. The Morgan fingerprint density at radius 1 is 1.38 bits per heavy atom. The van der Waals surface area contributed by atoms with Crippen LogP contribution < -0.4 is 5.43 Å². The molecule has 0 fully saturated rings. The predicted octanol–water partition coefficient (Wildman–Crippen LogP) is 1.16. The van der Waals surface area contributed by atoms with Crippen LogP contribution in [0.2, 0.25) is 0 Å². The SMILES string of the molecule is O=NNCc1ccc(C(=O)O)cc1. The second kappa shape index (κ2) is 4.20. The van der Waals surface area contributed by atoms with E-state index < -0.39 is 5.97 Å². The maximum absolute atomic E-state index is 10.4. The Morgan fingerprint density at radius 2 is 2.00 bits per heavy atom. The van der Waals surface area contributed by atoms with Crippen LogP contribution in [0.4, 0.5) is 0 Å². The van der Waals surface area contributed by atoms with E-state index in [-0.39, 0.29) is 5.56 Å². The summed E-state index contributed by atoms with van der Waals surface area (Å²) in [5, 5.41) is 11.0. The zero-order valence-corrected chi connectivity index (χ0v) is 6.73. The van der Waals surface area contributed by atoms with Crippen LogP contribution in [0.3, 0.4) is 0 Å². The van der Waals surface area contributed by atoms with Crippen LogP contribution in [-0.4, -0.2) is 11.1 Å². The lowest BCUT2D eigenvalue weighted by atomic mass is 10.1. The second-order valence-electron chi connectivity index (χ2n) is 2.43. The molecule has 1 aromatic rings. The van der Waals surface area contributed by atoms with Gasteiger partial charge in [0, 0.05) is 5.29 Å². The quantitative estimate of drug-likeness (QED) is 0.538. The van der Waals surface area contributed by atoms with Crippen LogP contribution in [0.15, 0.2) is 29.6 Å². The predicted molar refractivity (Wildman–Crippen MR) is 46.0 cm³/mol. The third-order valence-corrected chi connectivity index (χ3v) is 1.55. The molecule has 5 heteroatoms. The summed E-state index contributed by atoms with van der Waals surface area (Å²) in [4.78, 5) is 20.1. The fourth-order valence-corrected chi connectivity index (χ4v) is 0.889. The van der Waals surface area contributed by atoms with Crippen molar-refractivity contribution in [3.8, 4) is 0 Å². The van der Waals surface area contributed by atoms with Crippen molar-refractivity contribution in [2.45, 2.75) is 6.54 Å². The van der Waals surface area contributed by atoms with Gasteiger partial charge in [-0.3, -0.25) is 5.43 Å². The van der Waals surface area contributed by atoms with Gasteiger partial charge < -0.3 is 5.11 Å². The molecule has 0 heterocycles. The van der Waals surface area contributed by atoms with E-state index in [1.54, 1.807) is 12.1 Å². The van der Waals surface area contributed by atoms with Gasteiger partial charge in [-0.15, -0.1) is 4.91 Å². The van der Waals surface area contributed by atoms with E-state index in [4.69, 9.17) is 5.11 Å². The van der Waals surface area contributed by atoms with E-state index >= 15 is 0 Å². The summed E-state index contributed by atoms with van der Waals surface area (Å²) >= 11 is 0. The highest BCUT2D eigenvalue weighted by Crippen LogP contribution is 2.03. The molecule has 0 atom stereocenters. The summed E-state index contributed by atoms with van der Waals surface area (Å²) in [5.74, 6) is -0.965. The average Bonchev–Trinajstić information content (AvgIpc) is 2.15. The number of nitrogens with zero attached hydrogens (tertiary/aromatic N) is 1. The van der Waals surface area contributed by atoms with Crippen LogP contribution in [0.5, 0.6) is 0 Å². The number of benzene rings is 1. The molecular weight excluding hydrogens is 172 g/mol. The van der Waals surface area contributed by atoms with Gasteiger partial charge in [0.05, 0.1) is 12.1 Å². The number of aromatic carboxylic acids is 1. The molecule has 5 nitrogen and oxygen atoms in total. The normalized spacial score (nSPS) is 9.23. The fourth-order valence-electron chi connectivity index (χ4n) is 0.889. The Hall–Kier alpha value is -1.91. The van der Waals surface area contributed by atoms with Crippen molar-refractivity contribution in [3.05, 3.63) is 40.3 Å². The Balaban J connectivity index is 2.69. The molecule has 1 rings (SSSR count). The number of carboxylic acid groups (broad SMARTS) is 1. The topological polar surface area (TPSA) is 78.8 Å². The molecule has 0 aliphatic carbocycles. The third-order valence-electron chi connectivity index (χ3n) is 1.55. The first-order valence-electron chi connectivity index (χ1n) is 3.61. The first-order valence-corrected chi connectivity index (χ1v) is 3.61. The molecule has 1 aromatic carbocycles. The van der Waals surface area contributed by atoms with E-state index in [1.807, 2.05) is 0 Å². The first kappa shape index (κ1) is 9.18. The standard InChI is InChI=1S/C8H8N2O3/c11-8(12)7-3-1-6(2-4-7)5-9-10-13/h1-4H,5H2,(H,9,13)(H,11,12). The summed E-state index contributed by atoms with van der Waals surface area (Å²) in [6.07, 6.45) is 0. The van der Waals surface area contributed by atoms with Gasteiger partial charge in [-0.25, -0.2) is 4.79 Å². The molecular formula is C8H8N2O3. The molecule has 0 aliphatic heterocycles. The van der Waals surface area contributed by atoms with Crippen LogP contribution in [0.25, 0.3) is 0 Å². The highest BCUT2D eigenvalue weighted by molar-refractivity contribution is 5.87. The van der Waals surface area contributed by atoms with Gasteiger partial charge in [-0.05, 0) is 17.7 Å². The van der Waals surface area contributed by atoms with E-state index in [2.05, 4.69) is 10.7 Å². The number of nitrogens with one attached hydrogen (secondary N) is 1. The number of carbonyl (C=O) groups is 1. The summed E-state index contributed by atoms with van der Waals surface area (Å²) < 4.78 is 0. The minimum atomic E-state index is -0.965. The van der Waals surface area contributed by atoms with Crippen molar-refractivity contribution in [1.82, 2.24) is 5.43 Å². The maximum Gasteiger partial charge on any atom is 0.335 e. The van der Waals surface area contributed by atoms with Crippen molar-refractivity contribution in [1.29, 1.82) is 0 Å². The van der Waals surface area contributed by atoms with Crippen LogP contribution in [0.1, 0.15) is 15.9 Å². The van der Waals surface area contributed by atoms with E-state index in [0.717, 1.165) is 5.56 Å². The van der Waals surface area contributed by atoms with Crippen molar-refractivity contribution in [2.24, 2.45) is 5.29 Å². The number of rotatable bonds is 4. The lowest BCUT2D eigenvalue weighted by molar-refractivity contribution is 0.0697. The highest BCUT2D eigenvalue weighted by atomic mass is 16.4.